The van der Waals surface area contributed by atoms with Crippen LogP contribution in [0.4, 0.5) is 28.4 Å². The van der Waals surface area contributed by atoms with Gasteiger partial charge in [0, 0.05) is 51.1 Å². The highest BCUT2D eigenvalue weighted by molar-refractivity contribution is 6.99. The van der Waals surface area contributed by atoms with Gasteiger partial charge in [-0.05, 0) is 172 Å². The largest absolute Gasteiger partial charge is 0.335 e. The molecule has 0 aromatic heterocycles. The van der Waals surface area contributed by atoms with Gasteiger partial charge in [0.25, 0.3) is 0 Å². The molecule has 434 valence electrons. The molecular weight excluding hydrogens is 1040 g/mol. The van der Waals surface area contributed by atoms with E-state index in [9.17, 15) is 0 Å². The monoisotopic (exact) mass is 1120 g/mol. The van der Waals surface area contributed by atoms with E-state index >= 15 is 0 Å². The van der Waals surface area contributed by atoms with E-state index < -0.39 is 0 Å². The van der Waals surface area contributed by atoms with Gasteiger partial charge >= 0.3 is 0 Å². The van der Waals surface area contributed by atoms with Crippen LogP contribution >= 0.6 is 0 Å². The zero-order chi connectivity index (χ0) is 60.4. The Morgan fingerprint density at radius 3 is 1.52 bits per heavy atom. The molecule has 3 heterocycles. The van der Waals surface area contributed by atoms with Crippen LogP contribution < -0.4 is 26.2 Å². The quantitative estimate of drug-likeness (QED) is 0.116. The molecule has 3 unspecified atom stereocenters. The molecule has 0 spiro atoms. The summed E-state index contributed by atoms with van der Waals surface area (Å²) in [6, 6.07) is 75.6. The van der Waals surface area contributed by atoms with Crippen molar-refractivity contribution in [2.24, 2.45) is 0 Å². The summed E-state index contributed by atoms with van der Waals surface area (Å²) in [7, 11) is 0. The average Bonchev–Trinajstić information content (AvgIpc) is 1.44. The van der Waals surface area contributed by atoms with E-state index in [-0.39, 0.29) is 56.6 Å². The molecule has 14 rings (SSSR count). The minimum Gasteiger partial charge on any atom is -0.335 e. The van der Waals surface area contributed by atoms with Gasteiger partial charge in [-0.3, -0.25) is 0 Å². The van der Waals surface area contributed by atoms with Crippen LogP contribution in [0.3, 0.4) is 0 Å². The first-order chi connectivity index (χ1) is 40.7. The summed E-state index contributed by atoms with van der Waals surface area (Å²) < 4.78 is 0. The van der Waals surface area contributed by atoms with Gasteiger partial charge in [0.2, 0.25) is 6.71 Å². The molecule has 1 fully saturated rings. The van der Waals surface area contributed by atoms with Gasteiger partial charge in [-0.15, -0.1) is 0 Å². The standard InChI is InChI=1S/C83H89BN2/c1-77(2,3)56-32-26-52(27-33-56)73(53-28-34-57(35-29-53)78(4,5)6)55-31-45-65-71(49-55)84-70-25-21-24-68-76(70)86(83(16)47-20-19-46-82(68,83)15)72-51-62(85(60-40-36-58(37-41-60)79(7,8)9)61-42-38-59(39-43-61)80(10,11)12)50-66(75(72)84)74(65)54-30-44-64-63-22-17-18-23-67(63)81(13,14)69(64)48-54/h17-18,21-45,48-51,73-74H,19-20,46-47H2,1-16H3. The molecule has 0 radical (unpaired) electrons. The fraction of sp³-hybridized carbons (Fsp3) is 0.349. The molecule has 0 bridgehead atoms. The maximum absolute atomic E-state index is 2.93. The number of nitrogens with zero attached hydrogens (tertiary/aromatic N) is 2. The molecule has 9 aromatic carbocycles. The van der Waals surface area contributed by atoms with Gasteiger partial charge in [-0.1, -0.05) is 274 Å². The topological polar surface area (TPSA) is 6.48 Å². The Kier molecular flexibility index (Phi) is 12.7. The van der Waals surface area contributed by atoms with Gasteiger partial charge in [0.1, 0.15) is 0 Å². The van der Waals surface area contributed by atoms with Gasteiger partial charge in [0.05, 0.1) is 5.54 Å². The first kappa shape index (κ1) is 56.5. The number of anilines is 5. The number of para-hydroxylation sites is 1. The Morgan fingerprint density at radius 1 is 0.442 bits per heavy atom. The molecule has 0 N–H and O–H groups in total. The fourth-order valence-corrected chi connectivity index (χ4v) is 16.7. The van der Waals surface area contributed by atoms with Crippen molar-refractivity contribution in [3.63, 3.8) is 0 Å². The second kappa shape index (κ2) is 19.3. The summed E-state index contributed by atoms with van der Waals surface area (Å²) in [5.74, 6) is -0.0369. The molecule has 86 heavy (non-hydrogen) atoms. The predicted molar refractivity (Wildman–Crippen MR) is 369 cm³/mol. The van der Waals surface area contributed by atoms with E-state index in [1.807, 2.05) is 0 Å². The lowest BCUT2D eigenvalue weighted by Crippen LogP contribution is -2.65. The summed E-state index contributed by atoms with van der Waals surface area (Å²) in [6.07, 6.45) is 4.79. The highest BCUT2D eigenvalue weighted by Gasteiger charge is 2.61. The van der Waals surface area contributed by atoms with E-state index in [1.54, 1.807) is 0 Å². The Balaban J connectivity index is 1.07. The van der Waals surface area contributed by atoms with E-state index in [0.717, 1.165) is 6.42 Å². The Labute approximate surface area is 516 Å². The number of hydrogen-bond donors (Lipinski definition) is 0. The maximum Gasteiger partial charge on any atom is 0.247 e. The van der Waals surface area contributed by atoms with Crippen molar-refractivity contribution in [3.8, 4) is 11.1 Å². The van der Waals surface area contributed by atoms with E-state index in [1.165, 1.54) is 148 Å². The molecule has 0 amide bonds. The van der Waals surface area contributed by atoms with Crippen LogP contribution in [0, 0.1) is 0 Å². The zero-order valence-electron chi connectivity index (χ0n) is 54.4. The van der Waals surface area contributed by atoms with Crippen molar-refractivity contribution in [1.82, 2.24) is 0 Å². The second-order valence-electron chi connectivity index (χ2n) is 31.7. The fourth-order valence-electron chi connectivity index (χ4n) is 16.7. The minimum absolute atomic E-state index is 0.00620. The normalized spacial score (nSPS) is 19.8. The molecule has 2 nitrogen and oxygen atoms in total. The van der Waals surface area contributed by atoms with Crippen LogP contribution in [-0.2, 0) is 32.5 Å². The number of benzene rings is 9. The van der Waals surface area contributed by atoms with E-state index in [0.29, 0.717) is 0 Å². The number of fused-ring (bicyclic) bond motifs is 10. The van der Waals surface area contributed by atoms with Crippen LogP contribution in [0.25, 0.3) is 11.1 Å². The van der Waals surface area contributed by atoms with Crippen molar-refractivity contribution in [3.05, 3.63) is 260 Å². The smallest absolute Gasteiger partial charge is 0.247 e. The Hall–Kier alpha value is -7.36. The summed E-state index contributed by atoms with van der Waals surface area (Å²) in [4.78, 5) is 5.52. The molecule has 9 aromatic rings. The molecule has 5 aliphatic rings. The van der Waals surface area contributed by atoms with Crippen LogP contribution in [0.15, 0.2) is 188 Å². The van der Waals surface area contributed by atoms with Crippen molar-refractivity contribution >= 4 is 51.5 Å². The SMILES string of the molecule is CC(C)(C)c1ccc(C(c2ccc(C(C)(C)C)cc2)c2ccc3c(c2)B2c4cccc5c4N(c4cc(N(c6ccc(C(C)(C)C)cc6)c6ccc(C(C)(C)C)cc6)cc(c42)C3c2ccc3c(c2)C(C)(C)c2ccccc2-3)C2(C)CCCCC52C)cc1. The first-order valence-corrected chi connectivity index (χ1v) is 32.4. The predicted octanol–water partition coefficient (Wildman–Crippen LogP) is 19.9. The lowest BCUT2D eigenvalue weighted by atomic mass is 9.31. The number of hydrogen-bond acceptors (Lipinski definition) is 2. The lowest BCUT2D eigenvalue weighted by molar-refractivity contribution is 0.195. The maximum atomic E-state index is 2.93. The van der Waals surface area contributed by atoms with Crippen LogP contribution in [0.2, 0.25) is 0 Å². The summed E-state index contributed by atoms with van der Waals surface area (Å²) in [5, 5.41) is 0. The molecule has 2 aliphatic carbocycles. The van der Waals surface area contributed by atoms with Crippen LogP contribution in [0.1, 0.15) is 221 Å². The Bertz CT molecular complexity index is 4040. The van der Waals surface area contributed by atoms with Gasteiger partial charge in [-0.25, -0.2) is 0 Å². The van der Waals surface area contributed by atoms with Gasteiger partial charge < -0.3 is 9.80 Å². The van der Waals surface area contributed by atoms with Gasteiger partial charge in [0.15, 0.2) is 0 Å². The Morgan fingerprint density at radius 2 is 0.953 bits per heavy atom. The molecule has 3 atom stereocenters. The van der Waals surface area contributed by atoms with Crippen LogP contribution in [-0.4, -0.2) is 12.3 Å². The molecule has 3 heteroatoms. The zero-order valence-corrected chi connectivity index (χ0v) is 54.4. The third-order valence-electron chi connectivity index (χ3n) is 22.0. The molecule has 3 aliphatic heterocycles. The van der Waals surface area contributed by atoms with E-state index in [2.05, 4.69) is 309 Å². The lowest BCUT2D eigenvalue weighted by Gasteiger charge is -2.53. The highest BCUT2D eigenvalue weighted by atomic mass is 15.3. The first-order valence-electron chi connectivity index (χ1n) is 32.4. The third-order valence-corrected chi connectivity index (χ3v) is 22.0. The molecular formula is C83H89BN2. The van der Waals surface area contributed by atoms with E-state index in [4.69, 9.17) is 0 Å². The van der Waals surface area contributed by atoms with Crippen LogP contribution in [0.5, 0.6) is 0 Å². The minimum atomic E-state index is -0.161. The third kappa shape index (κ3) is 8.61. The average molecular weight is 1130 g/mol. The van der Waals surface area contributed by atoms with Crippen molar-refractivity contribution in [1.29, 1.82) is 0 Å². The molecule has 0 saturated heterocycles. The van der Waals surface area contributed by atoms with Crippen molar-refractivity contribution in [2.75, 3.05) is 9.80 Å². The summed E-state index contributed by atoms with van der Waals surface area (Å²) >= 11 is 0. The highest BCUT2D eigenvalue weighted by Crippen LogP contribution is 2.62. The summed E-state index contributed by atoms with van der Waals surface area (Å²) in [6.45, 7) is 38.1. The van der Waals surface area contributed by atoms with Gasteiger partial charge in [-0.2, -0.15) is 0 Å². The van der Waals surface area contributed by atoms with Crippen molar-refractivity contribution in [2.45, 2.75) is 186 Å². The van der Waals surface area contributed by atoms with Crippen molar-refractivity contribution < 1.29 is 0 Å². The molecule has 1 saturated carbocycles. The number of rotatable bonds is 7. The second-order valence-corrected chi connectivity index (χ2v) is 31.7. The summed E-state index contributed by atoms with van der Waals surface area (Å²) in [5.41, 5.74) is 31.2.